The average Bonchev–Trinajstić information content (AvgIpc) is 2.28. The highest BCUT2D eigenvalue weighted by Gasteiger charge is 2.43. The molecule has 14 heavy (non-hydrogen) atoms. The number of hydrogen-bond acceptors (Lipinski definition) is 0. The minimum absolute atomic E-state index is 1.03. The second-order valence-electron chi connectivity index (χ2n) is 5.33. The van der Waals surface area contributed by atoms with Crippen LogP contribution in [0.3, 0.4) is 0 Å². The van der Waals surface area contributed by atoms with Crippen molar-refractivity contribution >= 4 is 0 Å². The van der Waals surface area contributed by atoms with Gasteiger partial charge in [0.1, 0.15) is 0 Å². The van der Waals surface area contributed by atoms with Gasteiger partial charge in [0.15, 0.2) is 0 Å². The molecule has 1 nitrogen and oxygen atoms in total. The van der Waals surface area contributed by atoms with Crippen molar-refractivity contribution in [3.8, 4) is 0 Å². The first-order valence-corrected chi connectivity index (χ1v) is 6.68. The number of likely N-dealkylation sites (tertiary alicyclic amines) is 1. The van der Waals surface area contributed by atoms with Crippen LogP contribution in [0.15, 0.2) is 0 Å². The zero-order chi connectivity index (χ0) is 10.0. The van der Waals surface area contributed by atoms with E-state index in [4.69, 9.17) is 0 Å². The first-order chi connectivity index (χ1) is 6.82. The Hall–Kier alpha value is -0.0400. The predicted molar refractivity (Wildman–Crippen MR) is 61.2 cm³/mol. The molecule has 0 aromatic heterocycles. The fraction of sp³-hybridized carbons (Fsp3) is 1.00. The van der Waals surface area contributed by atoms with E-state index in [1.54, 1.807) is 0 Å². The maximum Gasteiger partial charge on any atom is 0.0918 e. The monoisotopic (exact) mass is 196 g/mol. The van der Waals surface area contributed by atoms with Crippen LogP contribution in [0.5, 0.6) is 0 Å². The molecule has 0 aromatic rings. The van der Waals surface area contributed by atoms with Gasteiger partial charge in [-0.25, -0.2) is 0 Å². The maximum absolute atomic E-state index is 2.40. The quantitative estimate of drug-likeness (QED) is 0.595. The topological polar surface area (TPSA) is 0 Å². The lowest BCUT2D eigenvalue weighted by Gasteiger charge is -2.52. The lowest BCUT2D eigenvalue weighted by Crippen LogP contribution is -2.61. The van der Waals surface area contributed by atoms with Crippen LogP contribution in [-0.4, -0.2) is 30.2 Å². The second-order valence-corrected chi connectivity index (χ2v) is 5.33. The van der Waals surface area contributed by atoms with Gasteiger partial charge in [-0.3, -0.25) is 0 Å². The number of nitrogens with zero attached hydrogens (tertiary/aromatic N) is 1. The van der Waals surface area contributed by atoms with E-state index < -0.39 is 0 Å². The van der Waals surface area contributed by atoms with Crippen molar-refractivity contribution in [2.75, 3.05) is 19.6 Å². The molecule has 1 aliphatic carbocycles. The van der Waals surface area contributed by atoms with Gasteiger partial charge in [0.05, 0.1) is 25.7 Å². The Kier molecular flexibility index (Phi) is 3.16. The molecule has 2 fully saturated rings. The van der Waals surface area contributed by atoms with Gasteiger partial charge in [-0.2, -0.15) is 0 Å². The Morgan fingerprint density at radius 3 is 2.29 bits per heavy atom. The molecule has 1 aliphatic heterocycles. The molecular weight excluding hydrogens is 170 g/mol. The van der Waals surface area contributed by atoms with Crippen LogP contribution in [0.1, 0.15) is 52.4 Å². The third-order valence-electron chi connectivity index (χ3n) is 5.01. The van der Waals surface area contributed by atoms with Crippen molar-refractivity contribution in [3.63, 3.8) is 0 Å². The van der Waals surface area contributed by atoms with Crippen LogP contribution < -0.4 is 0 Å². The van der Waals surface area contributed by atoms with Gasteiger partial charge in [-0.05, 0) is 46.0 Å². The van der Waals surface area contributed by atoms with E-state index in [1.807, 2.05) is 0 Å². The molecule has 0 aromatic carbocycles. The lowest BCUT2D eigenvalue weighted by molar-refractivity contribution is -0.957. The summed E-state index contributed by atoms with van der Waals surface area (Å²) in [7, 11) is 0. The van der Waals surface area contributed by atoms with Gasteiger partial charge >= 0.3 is 0 Å². The van der Waals surface area contributed by atoms with Gasteiger partial charge < -0.3 is 4.48 Å². The number of piperidine rings is 1. The molecule has 2 rings (SSSR count). The highest BCUT2D eigenvalue weighted by molar-refractivity contribution is 4.80. The van der Waals surface area contributed by atoms with Crippen molar-refractivity contribution in [2.24, 2.45) is 5.92 Å². The van der Waals surface area contributed by atoms with Gasteiger partial charge in [0, 0.05) is 5.92 Å². The number of quaternary nitrogens is 1. The van der Waals surface area contributed by atoms with Gasteiger partial charge in [-0.15, -0.1) is 0 Å². The summed E-state index contributed by atoms with van der Waals surface area (Å²) in [6.07, 6.45) is 9.08. The van der Waals surface area contributed by atoms with E-state index in [0.717, 1.165) is 12.0 Å². The van der Waals surface area contributed by atoms with Crippen molar-refractivity contribution in [3.05, 3.63) is 0 Å². The predicted octanol–water partition coefficient (Wildman–Crippen LogP) is 3.20. The molecule has 0 bridgehead atoms. The minimum atomic E-state index is 1.03. The summed E-state index contributed by atoms with van der Waals surface area (Å²) < 4.78 is 1.45. The summed E-state index contributed by atoms with van der Waals surface area (Å²) in [5.74, 6) is 1.08. The van der Waals surface area contributed by atoms with Crippen LogP contribution in [0.25, 0.3) is 0 Å². The Balaban J connectivity index is 2.14. The normalized spacial score (nSPS) is 36.4. The van der Waals surface area contributed by atoms with Crippen LogP contribution in [0.4, 0.5) is 0 Å². The van der Waals surface area contributed by atoms with E-state index in [1.165, 1.54) is 62.6 Å². The SMILES string of the molecule is CC[N+]1(CC)CCC[C@@H]2CCCC[C@H]21. The Labute approximate surface area is 89.1 Å². The fourth-order valence-corrected chi connectivity index (χ4v) is 4.09. The largest absolute Gasteiger partial charge is 0.321 e. The maximum atomic E-state index is 2.40. The Bertz CT molecular complexity index is 182. The van der Waals surface area contributed by atoms with Gasteiger partial charge in [-0.1, -0.05) is 6.42 Å². The molecule has 1 heterocycles. The van der Waals surface area contributed by atoms with Crippen molar-refractivity contribution in [2.45, 2.75) is 58.4 Å². The number of fused-ring (bicyclic) bond motifs is 1. The van der Waals surface area contributed by atoms with E-state index in [9.17, 15) is 0 Å². The zero-order valence-electron chi connectivity index (χ0n) is 9.97. The summed E-state index contributed by atoms with van der Waals surface area (Å²) >= 11 is 0. The summed E-state index contributed by atoms with van der Waals surface area (Å²) in [6, 6.07) is 1.03. The van der Waals surface area contributed by atoms with Crippen LogP contribution in [0, 0.1) is 5.92 Å². The molecule has 1 saturated carbocycles. The number of hydrogen-bond donors (Lipinski definition) is 0. The molecule has 0 N–H and O–H groups in total. The standard InChI is InChI=1S/C13H26N/c1-3-14(4-2)11-7-9-12-8-5-6-10-13(12)14/h12-13H,3-11H2,1-2H3/q+1/t12-,13+/m0/s1. The molecule has 2 aliphatic rings. The average molecular weight is 196 g/mol. The van der Waals surface area contributed by atoms with E-state index in [-0.39, 0.29) is 0 Å². The Morgan fingerprint density at radius 1 is 0.929 bits per heavy atom. The molecule has 2 atom stereocenters. The van der Waals surface area contributed by atoms with Crippen LogP contribution in [0.2, 0.25) is 0 Å². The lowest BCUT2D eigenvalue weighted by atomic mass is 9.76. The molecule has 1 saturated heterocycles. The second kappa shape index (κ2) is 4.22. The van der Waals surface area contributed by atoms with Crippen LogP contribution >= 0.6 is 0 Å². The fourth-order valence-electron chi connectivity index (χ4n) is 4.09. The zero-order valence-corrected chi connectivity index (χ0v) is 9.97. The first kappa shape index (κ1) is 10.5. The van der Waals surface area contributed by atoms with Crippen molar-refractivity contribution in [1.29, 1.82) is 0 Å². The first-order valence-electron chi connectivity index (χ1n) is 6.68. The molecule has 1 heteroatoms. The summed E-state index contributed by atoms with van der Waals surface area (Å²) in [5, 5.41) is 0. The molecular formula is C13H26N+. The third-order valence-corrected chi connectivity index (χ3v) is 5.01. The third kappa shape index (κ3) is 1.60. The van der Waals surface area contributed by atoms with Crippen LogP contribution in [-0.2, 0) is 0 Å². The smallest absolute Gasteiger partial charge is 0.0918 e. The summed E-state index contributed by atoms with van der Waals surface area (Å²) in [6.45, 7) is 9.02. The van der Waals surface area contributed by atoms with E-state index in [2.05, 4.69) is 13.8 Å². The van der Waals surface area contributed by atoms with Gasteiger partial charge in [0.2, 0.25) is 0 Å². The summed E-state index contributed by atoms with van der Waals surface area (Å²) in [4.78, 5) is 0. The molecule has 0 unspecified atom stereocenters. The molecule has 82 valence electrons. The summed E-state index contributed by atoms with van der Waals surface area (Å²) in [5.41, 5.74) is 0. The van der Waals surface area contributed by atoms with E-state index in [0.29, 0.717) is 0 Å². The highest BCUT2D eigenvalue weighted by Crippen LogP contribution is 2.39. The molecule has 0 spiro atoms. The van der Waals surface area contributed by atoms with Crippen molar-refractivity contribution in [1.82, 2.24) is 0 Å². The van der Waals surface area contributed by atoms with E-state index >= 15 is 0 Å². The molecule has 0 radical (unpaired) electrons. The molecule has 0 amide bonds. The van der Waals surface area contributed by atoms with Crippen molar-refractivity contribution < 1.29 is 4.48 Å². The minimum Gasteiger partial charge on any atom is -0.321 e. The Morgan fingerprint density at radius 2 is 1.57 bits per heavy atom. The highest BCUT2D eigenvalue weighted by atomic mass is 15.4. The number of rotatable bonds is 2. The van der Waals surface area contributed by atoms with Gasteiger partial charge in [0.25, 0.3) is 0 Å².